The summed E-state index contributed by atoms with van der Waals surface area (Å²) in [5.74, 6) is -5.22. The first-order chi connectivity index (χ1) is 15.0. The number of carbonyl (C=O) groups excluding carboxylic acids is 4. The van der Waals surface area contributed by atoms with Gasteiger partial charge in [0.25, 0.3) is 12.0 Å². The first-order valence-corrected chi connectivity index (χ1v) is 9.83. The molecule has 0 aromatic heterocycles. The predicted molar refractivity (Wildman–Crippen MR) is 106 cm³/mol. The highest BCUT2D eigenvalue weighted by molar-refractivity contribution is 6.24. The van der Waals surface area contributed by atoms with Crippen LogP contribution >= 0.6 is 0 Å². The van der Waals surface area contributed by atoms with E-state index in [9.17, 15) is 29.3 Å². The minimum Gasteiger partial charge on any atom is -0.422 e. The monoisotopic (exact) mass is 444 g/mol. The molecule has 3 heterocycles. The molecule has 11 heteroatoms. The third-order valence-electron chi connectivity index (χ3n) is 6.02. The third-order valence-corrected chi connectivity index (χ3v) is 6.02. The topological polar surface area (TPSA) is 142 Å². The van der Waals surface area contributed by atoms with E-state index in [4.69, 9.17) is 14.2 Å². The van der Waals surface area contributed by atoms with Gasteiger partial charge in [0.05, 0.1) is 22.9 Å². The molecule has 2 bridgehead atoms. The van der Waals surface area contributed by atoms with E-state index in [1.165, 1.54) is 24.3 Å². The highest BCUT2D eigenvalue weighted by Gasteiger charge is 2.72. The number of aryl methyl sites for hydroxylation is 2. The molecule has 0 aliphatic carbocycles. The second-order valence-corrected chi connectivity index (χ2v) is 8.04. The molecular formula is C21H20N2O9. The zero-order chi connectivity index (χ0) is 23.5. The normalized spacial score (nSPS) is 27.8. The number of amides is 2. The van der Waals surface area contributed by atoms with Gasteiger partial charge in [-0.05, 0) is 37.1 Å². The van der Waals surface area contributed by atoms with Gasteiger partial charge in [0, 0.05) is 19.9 Å². The summed E-state index contributed by atoms with van der Waals surface area (Å²) in [6, 6.07) is 2.72. The van der Waals surface area contributed by atoms with Gasteiger partial charge < -0.3 is 14.2 Å². The van der Waals surface area contributed by atoms with Crippen LogP contribution in [0, 0.1) is 35.8 Å². The summed E-state index contributed by atoms with van der Waals surface area (Å²) in [4.78, 5) is 61.9. The maximum absolute atomic E-state index is 13.5. The summed E-state index contributed by atoms with van der Waals surface area (Å²) in [5, 5.41) is 11.7. The second kappa shape index (κ2) is 7.23. The quantitative estimate of drug-likeness (QED) is 0.165. The van der Waals surface area contributed by atoms with Crippen LogP contribution < -0.4 is 4.90 Å². The number of imide groups is 1. The average molecular weight is 444 g/mol. The molecule has 3 aliphatic rings. The lowest BCUT2D eigenvalue weighted by Gasteiger charge is -2.34. The van der Waals surface area contributed by atoms with E-state index >= 15 is 0 Å². The van der Waals surface area contributed by atoms with Gasteiger partial charge in [-0.1, -0.05) is 6.08 Å². The molecule has 2 fully saturated rings. The molecule has 4 rings (SSSR count). The van der Waals surface area contributed by atoms with Crippen molar-refractivity contribution in [1.82, 2.24) is 0 Å². The number of fused-ring (bicyclic) bond motifs is 5. The van der Waals surface area contributed by atoms with Crippen LogP contribution in [0.15, 0.2) is 24.3 Å². The van der Waals surface area contributed by atoms with Crippen molar-refractivity contribution in [2.45, 2.75) is 45.7 Å². The van der Waals surface area contributed by atoms with Crippen LogP contribution in [-0.4, -0.2) is 46.7 Å². The number of anilines is 1. The van der Waals surface area contributed by atoms with Gasteiger partial charge in [0.2, 0.25) is 11.8 Å². The van der Waals surface area contributed by atoms with E-state index in [1.807, 2.05) is 0 Å². The van der Waals surface area contributed by atoms with E-state index in [-0.39, 0.29) is 11.4 Å². The zero-order valence-electron chi connectivity index (χ0n) is 17.7. The van der Waals surface area contributed by atoms with Crippen LogP contribution in [-0.2, 0) is 33.4 Å². The highest BCUT2D eigenvalue weighted by Crippen LogP contribution is 2.55. The first-order valence-electron chi connectivity index (χ1n) is 9.83. The molecule has 11 nitrogen and oxygen atoms in total. The van der Waals surface area contributed by atoms with Gasteiger partial charge in [-0.3, -0.25) is 29.3 Å². The van der Waals surface area contributed by atoms with Crippen LogP contribution in [0.1, 0.15) is 25.0 Å². The summed E-state index contributed by atoms with van der Waals surface area (Å²) >= 11 is 0. The number of hydrogen-bond donors (Lipinski definition) is 0. The SMILES string of the molecule is CC(=O)OC(OC(C)=O)[C@@]12C=C[C@@H](O1)[C@@H]1C(=O)N(c3cc(C)c(C)cc3[N+](=O)[O-])C(=O)[C@H]12. The Morgan fingerprint density at radius 1 is 1.12 bits per heavy atom. The third kappa shape index (κ3) is 3.00. The molecule has 1 aromatic rings. The number of nitro groups is 1. The van der Waals surface area contributed by atoms with E-state index in [2.05, 4.69) is 0 Å². The molecule has 2 amide bonds. The zero-order valence-corrected chi connectivity index (χ0v) is 17.7. The summed E-state index contributed by atoms with van der Waals surface area (Å²) in [6.45, 7) is 5.59. The molecular weight excluding hydrogens is 424 g/mol. The maximum Gasteiger partial charge on any atom is 0.305 e. The summed E-state index contributed by atoms with van der Waals surface area (Å²) in [5.41, 5.74) is -0.961. The van der Waals surface area contributed by atoms with Crippen molar-refractivity contribution in [3.8, 4) is 0 Å². The largest absolute Gasteiger partial charge is 0.422 e. The van der Waals surface area contributed by atoms with Crippen molar-refractivity contribution >= 4 is 35.1 Å². The maximum atomic E-state index is 13.5. The Balaban J connectivity index is 1.81. The van der Waals surface area contributed by atoms with Crippen molar-refractivity contribution in [3.05, 3.63) is 45.5 Å². The van der Waals surface area contributed by atoms with Gasteiger partial charge in [-0.15, -0.1) is 0 Å². The van der Waals surface area contributed by atoms with Crippen LogP contribution in [0.4, 0.5) is 11.4 Å². The molecule has 168 valence electrons. The fraction of sp³-hybridized carbons (Fsp3) is 0.429. The molecule has 3 aliphatic heterocycles. The standard InChI is InChI=1S/C21H20N2O9/c1-9-7-13(14(23(28)29)8-10(9)2)22-18(26)16-15-5-6-21(32-15,17(16)19(22)27)20(30-11(3)24)31-12(4)25/h5-8,15-17,20H,1-4H3/t15-,16+,17+,21+/m1/s1. The van der Waals surface area contributed by atoms with E-state index in [1.54, 1.807) is 13.8 Å². The average Bonchev–Trinajstić information content (AvgIpc) is 3.33. The Morgan fingerprint density at radius 3 is 2.28 bits per heavy atom. The number of ether oxygens (including phenoxy) is 3. The summed E-state index contributed by atoms with van der Waals surface area (Å²) < 4.78 is 16.2. The molecule has 0 radical (unpaired) electrons. The number of benzene rings is 1. The van der Waals surface area contributed by atoms with Crippen LogP contribution in [0.25, 0.3) is 0 Å². The fourth-order valence-electron chi connectivity index (χ4n) is 4.57. The van der Waals surface area contributed by atoms with Gasteiger partial charge in [0.15, 0.2) is 5.60 Å². The highest BCUT2D eigenvalue weighted by atomic mass is 16.7. The lowest BCUT2D eigenvalue weighted by Crippen LogP contribution is -2.52. The Hall–Kier alpha value is -3.60. The lowest BCUT2D eigenvalue weighted by atomic mass is 9.76. The number of nitro benzene ring substituents is 1. The van der Waals surface area contributed by atoms with Gasteiger partial charge >= 0.3 is 11.9 Å². The van der Waals surface area contributed by atoms with Gasteiger partial charge in [0.1, 0.15) is 5.69 Å². The minimum absolute atomic E-state index is 0.145. The first kappa shape index (κ1) is 21.6. The van der Waals surface area contributed by atoms with Gasteiger partial charge in [-0.2, -0.15) is 0 Å². The van der Waals surface area contributed by atoms with Crippen molar-refractivity contribution < 1.29 is 38.3 Å². The minimum atomic E-state index is -1.72. The van der Waals surface area contributed by atoms with E-state index < -0.39 is 58.5 Å². The van der Waals surface area contributed by atoms with Crippen molar-refractivity contribution in [2.24, 2.45) is 11.8 Å². The number of rotatable bonds is 5. The molecule has 0 spiro atoms. The molecule has 4 atom stereocenters. The molecule has 2 saturated heterocycles. The van der Waals surface area contributed by atoms with Crippen LogP contribution in [0.2, 0.25) is 0 Å². The lowest BCUT2D eigenvalue weighted by molar-refractivity contribution is -0.384. The molecule has 0 N–H and O–H groups in total. The van der Waals surface area contributed by atoms with Crippen molar-refractivity contribution in [2.75, 3.05) is 4.90 Å². The number of carbonyl (C=O) groups is 4. The number of nitrogens with zero attached hydrogens (tertiary/aromatic N) is 2. The smallest absolute Gasteiger partial charge is 0.305 e. The number of hydrogen-bond acceptors (Lipinski definition) is 9. The molecule has 0 unspecified atom stereocenters. The van der Waals surface area contributed by atoms with Crippen molar-refractivity contribution in [1.29, 1.82) is 0 Å². The predicted octanol–water partition coefficient (Wildman–Crippen LogP) is 1.48. The Morgan fingerprint density at radius 2 is 1.72 bits per heavy atom. The van der Waals surface area contributed by atoms with Gasteiger partial charge in [-0.25, -0.2) is 4.90 Å². The van der Waals surface area contributed by atoms with E-state index in [0.717, 1.165) is 18.7 Å². The Kier molecular flexibility index (Phi) is 4.88. The number of esters is 2. The molecule has 0 saturated carbocycles. The second-order valence-electron chi connectivity index (χ2n) is 8.04. The summed E-state index contributed by atoms with van der Waals surface area (Å²) in [7, 11) is 0. The Bertz CT molecular complexity index is 1090. The Labute approximate surface area is 182 Å². The van der Waals surface area contributed by atoms with E-state index in [0.29, 0.717) is 11.1 Å². The van der Waals surface area contributed by atoms with Crippen LogP contribution in [0.5, 0.6) is 0 Å². The summed E-state index contributed by atoms with van der Waals surface area (Å²) in [6.07, 6.45) is 0.518. The molecule has 32 heavy (non-hydrogen) atoms. The van der Waals surface area contributed by atoms with Crippen LogP contribution in [0.3, 0.4) is 0 Å². The molecule has 1 aromatic carbocycles. The fourth-order valence-corrected chi connectivity index (χ4v) is 4.57. The van der Waals surface area contributed by atoms with Crippen molar-refractivity contribution in [3.63, 3.8) is 0 Å².